The van der Waals surface area contributed by atoms with Crippen molar-refractivity contribution in [2.45, 2.75) is 6.92 Å². The van der Waals surface area contributed by atoms with Crippen LogP contribution in [0, 0.1) is 0 Å². The Hall–Kier alpha value is -1.19. The highest BCUT2D eigenvalue weighted by atomic mass is 79.9. The summed E-state index contributed by atoms with van der Waals surface area (Å²) in [6.07, 6.45) is 0. The van der Waals surface area contributed by atoms with Crippen molar-refractivity contribution in [1.29, 1.82) is 0 Å². The number of alkyl halides is 1. The Morgan fingerprint density at radius 3 is 1.73 bits per heavy atom. The number of carbonyl (C=O) groups excluding carboxylic acids is 1. The standard InChI is InChI=1S/C18H28BrNO6/c1-16(21)20-17-2-4-18(5-3-17)26-15-14-25-13-12-24-11-10-23-9-8-22-7-6-19/h2-5H,6-15H2,1H3,(H,20,21). The third-order valence-electron chi connectivity index (χ3n) is 3.01. The SMILES string of the molecule is CC(=O)Nc1ccc(OCCOCCOCCOCCOCCBr)cc1. The molecule has 1 aromatic carbocycles. The number of benzene rings is 1. The highest BCUT2D eigenvalue weighted by Crippen LogP contribution is 2.15. The second-order valence-corrected chi connectivity index (χ2v) is 5.99. The van der Waals surface area contributed by atoms with Gasteiger partial charge < -0.3 is 29.0 Å². The van der Waals surface area contributed by atoms with Crippen LogP contribution < -0.4 is 10.1 Å². The summed E-state index contributed by atoms with van der Waals surface area (Å²) in [6.45, 7) is 6.42. The van der Waals surface area contributed by atoms with Gasteiger partial charge in [-0.15, -0.1) is 0 Å². The van der Waals surface area contributed by atoms with Gasteiger partial charge in [0.15, 0.2) is 0 Å². The first kappa shape index (κ1) is 22.9. The first-order valence-electron chi connectivity index (χ1n) is 8.59. The van der Waals surface area contributed by atoms with Crippen molar-refractivity contribution >= 4 is 27.5 Å². The molecule has 7 nitrogen and oxygen atoms in total. The van der Waals surface area contributed by atoms with Gasteiger partial charge in [0.2, 0.25) is 5.91 Å². The second-order valence-electron chi connectivity index (χ2n) is 5.19. The zero-order valence-corrected chi connectivity index (χ0v) is 16.8. The Morgan fingerprint density at radius 2 is 1.27 bits per heavy atom. The van der Waals surface area contributed by atoms with Crippen molar-refractivity contribution in [1.82, 2.24) is 0 Å². The van der Waals surface area contributed by atoms with Crippen molar-refractivity contribution in [3.63, 3.8) is 0 Å². The fourth-order valence-corrected chi connectivity index (χ4v) is 2.10. The van der Waals surface area contributed by atoms with E-state index in [0.29, 0.717) is 59.5 Å². The summed E-state index contributed by atoms with van der Waals surface area (Å²) < 4.78 is 27.0. The molecule has 1 aromatic rings. The number of halogens is 1. The summed E-state index contributed by atoms with van der Waals surface area (Å²) >= 11 is 3.29. The molecule has 0 heterocycles. The zero-order chi connectivity index (χ0) is 18.9. The van der Waals surface area contributed by atoms with E-state index in [1.54, 1.807) is 24.3 Å². The van der Waals surface area contributed by atoms with Crippen LogP contribution in [0.4, 0.5) is 5.69 Å². The number of nitrogens with one attached hydrogen (secondary N) is 1. The topological polar surface area (TPSA) is 75.3 Å². The van der Waals surface area contributed by atoms with Crippen molar-refractivity contribution in [3.8, 4) is 5.75 Å². The molecule has 0 spiro atoms. The third-order valence-corrected chi connectivity index (χ3v) is 3.33. The summed E-state index contributed by atoms with van der Waals surface area (Å²) in [4.78, 5) is 10.9. The Balaban J connectivity index is 1.87. The highest BCUT2D eigenvalue weighted by Gasteiger charge is 1.98. The van der Waals surface area contributed by atoms with Gasteiger partial charge in [-0.1, -0.05) is 15.9 Å². The predicted molar refractivity (Wildman–Crippen MR) is 103 cm³/mol. The highest BCUT2D eigenvalue weighted by molar-refractivity contribution is 9.09. The second kappa shape index (κ2) is 16.0. The van der Waals surface area contributed by atoms with E-state index in [9.17, 15) is 4.79 Å². The van der Waals surface area contributed by atoms with Crippen LogP contribution in [-0.2, 0) is 23.7 Å². The van der Waals surface area contributed by atoms with E-state index in [0.717, 1.165) is 16.8 Å². The van der Waals surface area contributed by atoms with Gasteiger partial charge in [0.25, 0.3) is 0 Å². The maximum Gasteiger partial charge on any atom is 0.221 e. The lowest BCUT2D eigenvalue weighted by Gasteiger charge is -2.09. The van der Waals surface area contributed by atoms with Gasteiger partial charge in [-0.25, -0.2) is 0 Å². The van der Waals surface area contributed by atoms with Crippen LogP contribution in [-0.4, -0.2) is 70.7 Å². The van der Waals surface area contributed by atoms with Crippen LogP contribution in [0.2, 0.25) is 0 Å². The van der Waals surface area contributed by atoms with Crippen molar-refractivity contribution in [2.75, 3.05) is 70.1 Å². The number of amides is 1. The quantitative estimate of drug-likeness (QED) is 0.318. The molecule has 1 rings (SSSR count). The van der Waals surface area contributed by atoms with Crippen molar-refractivity contribution in [2.24, 2.45) is 0 Å². The van der Waals surface area contributed by atoms with Crippen LogP contribution in [0.1, 0.15) is 6.92 Å². The lowest BCUT2D eigenvalue weighted by atomic mass is 10.3. The van der Waals surface area contributed by atoms with Crippen molar-refractivity contribution in [3.05, 3.63) is 24.3 Å². The van der Waals surface area contributed by atoms with E-state index in [1.165, 1.54) is 6.92 Å². The molecule has 8 heteroatoms. The summed E-state index contributed by atoms with van der Waals surface area (Å²) in [7, 11) is 0. The number of hydrogen-bond donors (Lipinski definition) is 1. The maximum atomic E-state index is 10.9. The molecular weight excluding hydrogens is 406 g/mol. The van der Waals surface area contributed by atoms with E-state index >= 15 is 0 Å². The lowest BCUT2D eigenvalue weighted by molar-refractivity contribution is -0.114. The lowest BCUT2D eigenvalue weighted by Crippen LogP contribution is -2.14. The monoisotopic (exact) mass is 433 g/mol. The van der Waals surface area contributed by atoms with E-state index < -0.39 is 0 Å². The molecule has 0 saturated heterocycles. The molecule has 0 atom stereocenters. The maximum absolute atomic E-state index is 10.9. The summed E-state index contributed by atoms with van der Waals surface area (Å²) in [5.74, 6) is 0.636. The molecule has 0 aromatic heterocycles. The molecule has 0 saturated carbocycles. The minimum absolute atomic E-state index is 0.0971. The number of rotatable bonds is 16. The fraction of sp³-hybridized carbons (Fsp3) is 0.611. The Morgan fingerprint density at radius 1 is 0.808 bits per heavy atom. The Labute approximate surface area is 163 Å². The van der Waals surface area contributed by atoms with E-state index in [2.05, 4.69) is 21.2 Å². The van der Waals surface area contributed by atoms with Gasteiger partial charge >= 0.3 is 0 Å². The number of anilines is 1. The van der Waals surface area contributed by atoms with Crippen LogP contribution in [0.3, 0.4) is 0 Å². The molecule has 0 radical (unpaired) electrons. The molecule has 1 N–H and O–H groups in total. The molecule has 0 fully saturated rings. The molecule has 26 heavy (non-hydrogen) atoms. The summed E-state index contributed by atoms with van der Waals surface area (Å²) in [5.41, 5.74) is 0.744. The predicted octanol–water partition coefficient (Wildman–Crippen LogP) is 2.49. The normalized spacial score (nSPS) is 10.7. The number of hydrogen-bond acceptors (Lipinski definition) is 6. The van der Waals surface area contributed by atoms with Crippen LogP contribution in [0.25, 0.3) is 0 Å². The third kappa shape index (κ3) is 13.1. The molecule has 148 valence electrons. The van der Waals surface area contributed by atoms with E-state index in [1.807, 2.05) is 0 Å². The van der Waals surface area contributed by atoms with Gasteiger partial charge in [-0.2, -0.15) is 0 Å². The summed E-state index contributed by atoms with van der Waals surface area (Å²) in [5, 5.41) is 3.54. The van der Waals surface area contributed by atoms with Gasteiger partial charge in [-0.05, 0) is 24.3 Å². The van der Waals surface area contributed by atoms with E-state index in [-0.39, 0.29) is 5.91 Å². The van der Waals surface area contributed by atoms with Crippen molar-refractivity contribution < 1.29 is 28.5 Å². The minimum atomic E-state index is -0.0971. The first-order valence-corrected chi connectivity index (χ1v) is 9.72. The first-order chi connectivity index (χ1) is 12.7. The Bertz CT molecular complexity index is 471. The molecular formula is C18H28BrNO6. The van der Waals surface area contributed by atoms with Crippen LogP contribution in [0.5, 0.6) is 5.75 Å². The fourth-order valence-electron chi connectivity index (χ4n) is 1.87. The molecule has 0 unspecified atom stereocenters. The van der Waals surface area contributed by atoms with Gasteiger partial charge in [0.05, 0.1) is 52.9 Å². The molecule has 0 aliphatic heterocycles. The molecule has 0 aliphatic rings. The zero-order valence-electron chi connectivity index (χ0n) is 15.2. The molecule has 1 amide bonds. The van der Waals surface area contributed by atoms with Crippen LogP contribution >= 0.6 is 15.9 Å². The largest absolute Gasteiger partial charge is 0.491 e. The van der Waals surface area contributed by atoms with Gasteiger partial charge in [-0.3, -0.25) is 4.79 Å². The smallest absolute Gasteiger partial charge is 0.221 e. The average molecular weight is 434 g/mol. The molecule has 0 bridgehead atoms. The van der Waals surface area contributed by atoms with Crippen LogP contribution in [0.15, 0.2) is 24.3 Å². The summed E-state index contributed by atoms with van der Waals surface area (Å²) in [6, 6.07) is 7.20. The van der Waals surface area contributed by atoms with Gasteiger partial charge in [0.1, 0.15) is 12.4 Å². The molecule has 0 aliphatic carbocycles. The minimum Gasteiger partial charge on any atom is -0.491 e. The number of carbonyl (C=O) groups is 1. The van der Waals surface area contributed by atoms with E-state index in [4.69, 9.17) is 23.7 Å². The van der Waals surface area contributed by atoms with Gasteiger partial charge in [0, 0.05) is 17.9 Å². The Kier molecular flexibility index (Phi) is 14.1. The number of ether oxygens (including phenoxy) is 5. The average Bonchev–Trinajstić information content (AvgIpc) is 2.63.